The minimum Gasteiger partial charge on any atom is -0.385 e. The molecule has 1 rings (SSSR count). The smallest absolute Gasteiger partial charge is 0.314 e. The number of methoxy groups -OCH3 is 1. The Bertz CT molecular complexity index is 372. The van der Waals surface area contributed by atoms with Gasteiger partial charge in [0.2, 0.25) is 0 Å². The summed E-state index contributed by atoms with van der Waals surface area (Å²) in [5.41, 5.74) is 0.870. The fourth-order valence-corrected chi connectivity index (χ4v) is 1.49. The molecule has 100 valence electrons. The van der Waals surface area contributed by atoms with Crippen molar-refractivity contribution in [1.82, 2.24) is 10.6 Å². The number of urea groups is 1. The van der Waals surface area contributed by atoms with Crippen LogP contribution in [0.25, 0.3) is 0 Å². The molecule has 0 bridgehead atoms. The first kappa shape index (κ1) is 14.4. The van der Waals surface area contributed by atoms with Crippen LogP contribution in [-0.4, -0.2) is 32.8 Å². The number of hydrogen-bond acceptors (Lipinski definition) is 2. The number of amides is 2. The van der Waals surface area contributed by atoms with Gasteiger partial charge in [-0.15, -0.1) is 0 Å². The van der Waals surface area contributed by atoms with E-state index in [1.807, 2.05) is 6.07 Å². The molecule has 4 nitrogen and oxygen atoms in total. The Labute approximate surface area is 107 Å². The van der Waals surface area contributed by atoms with Crippen molar-refractivity contribution < 1.29 is 13.9 Å². The first-order valence-electron chi connectivity index (χ1n) is 5.97. The summed E-state index contributed by atoms with van der Waals surface area (Å²) in [4.78, 5) is 11.3. The van der Waals surface area contributed by atoms with Crippen LogP contribution >= 0.6 is 0 Å². The number of carbonyl (C=O) groups is 1. The van der Waals surface area contributed by atoms with Crippen molar-refractivity contribution in [3.05, 3.63) is 35.6 Å². The quantitative estimate of drug-likeness (QED) is 0.728. The molecular weight excluding hydrogens is 235 g/mol. The Morgan fingerprint density at radius 2 is 2.11 bits per heavy atom. The summed E-state index contributed by atoms with van der Waals surface area (Å²) in [5, 5.41) is 5.43. The molecular formula is C13H19FN2O2. The molecule has 18 heavy (non-hydrogen) atoms. The SMILES string of the molecule is COCCCNC(=O)NCCc1cccc(F)c1. The highest BCUT2D eigenvalue weighted by Gasteiger charge is 1.99. The molecule has 2 amide bonds. The van der Waals surface area contributed by atoms with Crippen LogP contribution < -0.4 is 10.6 Å². The molecule has 0 aliphatic carbocycles. The zero-order valence-corrected chi connectivity index (χ0v) is 10.5. The lowest BCUT2D eigenvalue weighted by Gasteiger charge is -2.07. The molecule has 0 unspecified atom stereocenters. The third kappa shape index (κ3) is 6.20. The predicted molar refractivity (Wildman–Crippen MR) is 68.0 cm³/mol. The summed E-state index contributed by atoms with van der Waals surface area (Å²) >= 11 is 0. The second-order valence-corrected chi connectivity index (χ2v) is 3.91. The maximum absolute atomic E-state index is 12.9. The Balaban J connectivity index is 2.12. The van der Waals surface area contributed by atoms with Crippen molar-refractivity contribution in [3.63, 3.8) is 0 Å². The third-order valence-corrected chi connectivity index (χ3v) is 2.40. The topological polar surface area (TPSA) is 50.4 Å². The molecule has 0 saturated carbocycles. The molecule has 0 aliphatic heterocycles. The number of benzene rings is 1. The largest absolute Gasteiger partial charge is 0.385 e. The fourth-order valence-electron chi connectivity index (χ4n) is 1.49. The van der Waals surface area contributed by atoms with E-state index in [0.717, 1.165) is 12.0 Å². The van der Waals surface area contributed by atoms with Gasteiger partial charge in [-0.1, -0.05) is 12.1 Å². The van der Waals surface area contributed by atoms with Gasteiger partial charge in [-0.3, -0.25) is 0 Å². The van der Waals surface area contributed by atoms with Gasteiger partial charge in [-0.2, -0.15) is 0 Å². The molecule has 1 aromatic rings. The molecule has 5 heteroatoms. The molecule has 1 aromatic carbocycles. The number of carbonyl (C=O) groups excluding carboxylic acids is 1. The van der Waals surface area contributed by atoms with E-state index in [9.17, 15) is 9.18 Å². The van der Waals surface area contributed by atoms with Crippen LogP contribution in [0.2, 0.25) is 0 Å². The lowest BCUT2D eigenvalue weighted by Crippen LogP contribution is -2.37. The van der Waals surface area contributed by atoms with Crippen LogP contribution in [-0.2, 0) is 11.2 Å². The highest BCUT2D eigenvalue weighted by Crippen LogP contribution is 2.03. The Kier molecular flexibility index (Phi) is 6.79. The van der Waals surface area contributed by atoms with Crippen LogP contribution in [0.1, 0.15) is 12.0 Å². The predicted octanol–water partition coefficient (Wildman–Crippen LogP) is 1.70. The van der Waals surface area contributed by atoms with E-state index >= 15 is 0 Å². The monoisotopic (exact) mass is 254 g/mol. The second kappa shape index (κ2) is 8.47. The van der Waals surface area contributed by atoms with Crippen molar-refractivity contribution in [3.8, 4) is 0 Å². The van der Waals surface area contributed by atoms with Crippen molar-refractivity contribution in [1.29, 1.82) is 0 Å². The number of halogens is 1. The van der Waals surface area contributed by atoms with E-state index in [2.05, 4.69) is 10.6 Å². The standard InChI is InChI=1S/C13H19FN2O2/c1-18-9-3-7-15-13(17)16-8-6-11-4-2-5-12(14)10-11/h2,4-5,10H,3,6-9H2,1H3,(H2,15,16,17). The van der Waals surface area contributed by atoms with Crippen molar-refractivity contribution in [2.75, 3.05) is 26.8 Å². The summed E-state index contributed by atoms with van der Waals surface area (Å²) in [7, 11) is 1.62. The van der Waals surface area contributed by atoms with E-state index in [0.29, 0.717) is 26.1 Å². The van der Waals surface area contributed by atoms with Gasteiger partial charge in [-0.05, 0) is 30.5 Å². The zero-order chi connectivity index (χ0) is 13.2. The average molecular weight is 254 g/mol. The van der Waals surface area contributed by atoms with Gasteiger partial charge >= 0.3 is 6.03 Å². The van der Waals surface area contributed by atoms with E-state index in [-0.39, 0.29) is 11.8 Å². The first-order valence-corrected chi connectivity index (χ1v) is 5.97. The number of hydrogen-bond donors (Lipinski definition) is 2. The molecule has 0 atom stereocenters. The van der Waals surface area contributed by atoms with E-state index < -0.39 is 0 Å². The summed E-state index contributed by atoms with van der Waals surface area (Å²) in [5.74, 6) is -0.253. The molecule has 0 saturated heterocycles. The fraction of sp³-hybridized carbons (Fsp3) is 0.462. The van der Waals surface area contributed by atoms with Crippen LogP contribution in [0.5, 0.6) is 0 Å². The highest BCUT2D eigenvalue weighted by atomic mass is 19.1. The Morgan fingerprint density at radius 3 is 2.83 bits per heavy atom. The molecule has 2 N–H and O–H groups in total. The minimum atomic E-state index is -0.253. The zero-order valence-electron chi connectivity index (χ0n) is 10.5. The molecule has 0 radical (unpaired) electrons. The number of nitrogens with one attached hydrogen (secondary N) is 2. The second-order valence-electron chi connectivity index (χ2n) is 3.91. The molecule has 0 fully saturated rings. The average Bonchev–Trinajstić information content (AvgIpc) is 2.35. The molecule has 0 aliphatic rings. The molecule has 0 aromatic heterocycles. The van der Waals surface area contributed by atoms with Crippen molar-refractivity contribution in [2.45, 2.75) is 12.8 Å². The normalized spacial score (nSPS) is 10.1. The first-order chi connectivity index (χ1) is 8.72. The summed E-state index contributed by atoms with van der Waals surface area (Å²) in [6.45, 7) is 1.70. The number of ether oxygens (including phenoxy) is 1. The van der Waals surface area contributed by atoms with Gasteiger partial charge in [0, 0.05) is 26.8 Å². The van der Waals surface area contributed by atoms with Crippen LogP contribution in [0.3, 0.4) is 0 Å². The molecule has 0 heterocycles. The maximum atomic E-state index is 12.9. The minimum absolute atomic E-state index is 0.206. The van der Waals surface area contributed by atoms with Gasteiger partial charge in [0.05, 0.1) is 0 Å². The van der Waals surface area contributed by atoms with E-state index in [4.69, 9.17) is 4.74 Å². The lowest BCUT2D eigenvalue weighted by molar-refractivity contribution is 0.193. The van der Waals surface area contributed by atoms with Crippen molar-refractivity contribution >= 4 is 6.03 Å². The van der Waals surface area contributed by atoms with Crippen LogP contribution in [0.15, 0.2) is 24.3 Å². The third-order valence-electron chi connectivity index (χ3n) is 2.40. The van der Waals surface area contributed by atoms with Gasteiger partial charge in [0.1, 0.15) is 5.82 Å². The number of rotatable bonds is 7. The highest BCUT2D eigenvalue weighted by molar-refractivity contribution is 5.73. The van der Waals surface area contributed by atoms with Gasteiger partial charge in [0.15, 0.2) is 0 Å². The molecule has 0 spiro atoms. The summed E-state index contributed by atoms with van der Waals surface area (Å²) < 4.78 is 17.7. The van der Waals surface area contributed by atoms with Crippen molar-refractivity contribution in [2.24, 2.45) is 0 Å². The van der Waals surface area contributed by atoms with Gasteiger partial charge in [0.25, 0.3) is 0 Å². The Morgan fingerprint density at radius 1 is 1.33 bits per heavy atom. The van der Waals surface area contributed by atoms with E-state index in [1.165, 1.54) is 12.1 Å². The van der Waals surface area contributed by atoms with Crippen LogP contribution in [0, 0.1) is 5.82 Å². The summed E-state index contributed by atoms with van der Waals surface area (Å²) in [6, 6.07) is 6.16. The maximum Gasteiger partial charge on any atom is 0.314 e. The Hall–Kier alpha value is -1.62. The summed E-state index contributed by atoms with van der Waals surface area (Å²) in [6.07, 6.45) is 1.40. The van der Waals surface area contributed by atoms with Gasteiger partial charge in [-0.25, -0.2) is 9.18 Å². The van der Waals surface area contributed by atoms with Crippen LogP contribution in [0.4, 0.5) is 9.18 Å². The van der Waals surface area contributed by atoms with Gasteiger partial charge < -0.3 is 15.4 Å². The lowest BCUT2D eigenvalue weighted by atomic mass is 10.1. The van der Waals surface area contributed by atoms with E-state index in [1.54, 1.807) is 13.2 Å².